The molecule has 0 aliphatic carbocycles. The Labute approximate surface area is 123 Å². The van der Waals surface area contributed by atoms with E-state index in [-0.39, 0.29) is 23.4 Å². The number of aromatic nitrogens is 2. The zero-order valence-electron chi connectivity index (χ0n) is 12.1. The Balaban J connectivity index is 2.08. The molecule has 2 aromatic rings. The van der Waals surface area contributed by atoms with Gasteiger partial charge >= 0.3 is 0 Å². The first kappa shape index (κ1) is 15.6. The molecule has 1 aromatic heterocycles. The van der Waals surface area contributed by atoms with Gasteiger partial charge in [-0.15, -0.1) is 0 Å². The van der Waals surface area contributed by atoms with Crippen molar-refractivity contribution in [1.82, 2.24) is 20.2 Å². The molecule has 1 atom stereocenters. The molecule has 1 unspecified atom stereocenters. The molecule has 2 rings (SSSR count). The molecule has 0 bridgehead atoms. The Morgan fingerprint density at radius 1 is 1.29 bits per heavy atom. The zero-order chi connectivity index (χ0) is 15.5. The number of benzene rings is 1. The van der Waals surface area contributed by atoms with Crippen LogP contribution in [0.5, 0.6) is 0 Å². The Kier molecular flexibility index (Phi) is 4.71. The van der Waals surface area contributed by atoms with Crippen molar-refractivity contribution >= 4 is 10.0 Å². The molecule has 2 N–H and O–H groups in total. The largest absolute Gasteiger partial charge is 0.338 e. The molecule has 0 spiro atoms. The van der Waals surface area contributed by atoms with Crippen LogP contribution in [0.3, 0.4) is 0 Å². The Morgan fingerprint density at radius 3 is 2.48 bits per heavy atom. The Bertz CT molecular complexity index is 694. The van der Waals surface area contributed by atoms with Crippen LogP contribution in [0.2, 0.25) is 0 Å². The van der Waals surface area contributed by atoms with Crippen LogP contribution < -0.4 is 10.0 Å². The molecular formula is C13H18N4O3S. The van der Waals surface area contributed by atoms with Gasteiger partial charge in [-0.3, -0.25) is 0 Å². The van der Waals surface area contributed by atoms with E-state index in [1.807, 2.05) is 14.0 Å². The van der Waals surface area contributed by atoms with Crippen LogP contribution in [-0.4, -0.2) is 25.6 Å². The predicted molar refractivity (Wildman–Crippen MR) is 77.0 cm³/mol. The minimum Gasteiger partial charge on any atom is -0.338 e. The topological polar surface area (TPSA) is 97.1 Å². The molecule has 1 heterocycles. The van der Waals surface area contributed by atoms with Gasteiger partial charge < -0.3 is 9.84 Å². The highest BCUT2D eigenvalue weighted by molar-refractivity contribution is 7.89. The highest BCUT2D eigenvalue weighted by atomic mass is 32.2. The lowest BCUT2D eigenvalue weighted by molar-refractivity contribution is 0.372. The van der Waals surface area contributed by atoms with Gasteiger partial charge in [0.15, 0.2) is 5.82 Å². The Hall–Kier alpha value is -1.77. The van der Waals surface area contributed by atoms with Crippen molar-refractivity contribution in [2.24, 2.45) is 0 Å². The minimum atomic E-state index is -3.60. The van der Waals surface area contributed by atoms with E-state index in [2.05, 4.69) is 20.2 Å². The lowest BCUT2D eigenvalue weighted by atomic mass is 10.1. The molecule has 0 amide bonds. The van der Waals surface area contributed by atoms with E-state index in [9.17, 15) is 8.42 Å². The molecule has 114 valence electrons. The highest BCUT2D eigenvalue weighted by Gasteiger charge is 2.16. The van der Waals surface area contributed by atoms with E-state index >= 15 is 0 Å². The number of rotatable bonds is 6. The fourth-order valence-corrected chi connectivity index (χ4v) is 2.73. The van der Waals surface area contributed by atoms with Crippen molar-refractivity contribution in [2.75, 3.05) is 7.05 Å². The maximum Gasteiger partial charge on any atom is 0.241 e. The summed E-state index contributed by atoms with van der Waals surface area (Å²) in [5, 5.41) is 6.70. The van der Waals surface area contributed by atoms with Gasteiger partial charge in [0.1, 0.15) is 0 Å². The van der Waals surface area contributed by atoms with Gasteiger partial charge in [-0.1, -0.05) is 17.3 Å². The van der Waals surface area contributed by atoms with Crippen LogP contribution >= 0.6 is 0 Å². The molecule has 0 fully saturated rings. The summed E-state index contributed by atoms with van der Waals surface area (Å²) in [7, 11) is -1.75. The van der Waals surface area contributed by atoms with Gasteiger partial charge in [-0.25, -0.2) is 13.1 Å². The van der Waals surface area contributed by atoms with Crippen LogP contribution in [0.1, 0.15) is 30.2 Å². The fraction of sp³-hybridized carbons (Fsp3) is 0.385. The molecule has 0 radical (unpaired) electrons. The van der Waals surface area contributed by atoms with Crippen molar-refractivity contribution in [3.8, 4) is 0 Å². The molecule has 0 aliphatic rings. The zero-order valence-corrected chi connectivity index (χ0v) is 12.9. The second kappa shape index (κ2) is 6.33. The molecule has 7 nitrogen and oxygen atoms in total. The summed E-state index contributed by atoms with van der Waals surface area (Å²) in [5.41, 5.74) is 1.02. The van der Waals surface area contributed by atoms with Crippen molar-refractivity contribution in [1.29, 1.82) is 0 Å². The van der Waals surface area contributed by atoms with E-state index in [4.69, 9.17) is 4.52 Å². The lowest BCUT2D eigenvalue weighted by Gasteiger charge is -2.11. The number of hydrogen-bond donors (Lipinski definition) is 2. The predicted octanol–water partition coefficient (Wildman–Crippen LogP) is 1.14. The third-order valence-corrected chi connectivity index (χ3v) is 4.52. The second-order valence-corrected chi connectivity index (χ2v) is 6.41. The van der Waals surface area contributed by atoms with Gasteiger partial charge in [0, 0.05) is 6.04 Å². The van der Waals surface area contributed by atoms with Crippen molar-refractivity contribution in [3.05, 3.63) is 41.5 Å². The van der Waals surface area contributed by atoms with Crippen LogP contribution in [-0.2, 0) is 16.6 Å². The first-order valence-corrected chi connectivity index (χ1v) is 7.97. The molecule has 0 saturated heterocycles. The molecule has 0 saturated carbocycles. The highest BCUT2D eigenvalue weighted by Crippen LogP contribution is 2.16. The average molecular weight is 310 g/mol. The van der Waals surface area contributed by atoms with Gasteiger partial charge in [-0.05, 0) is 38.6 Å². The summed E-state index contributed by atoms with van der Waals surface area (Å²) >= 11 is 0. The summed E-state index contributed by atoms with van der Waals surface area (Å²) in [6.45, 7) is 3.64. The third kappa shape index (κ3) is 3.87. The number of nitrogens with one attached hydrogen (secondary N) is 2. The van der Waals surface area contributed by atoms with Crippen LogP contribution in [0.15, 0.2) is 33.7 Å². The summed E-state index contributed by atoms with van der Waals surface area (Å²) in [6, 6.07) is 6.88. The lowest BCUT2D eigenvalue weighted by Crippen LogP contribution is -2.23. The first-order valence-electron chi connectivity index (χ1n) is 6.48. The molecule has 0 aliphatic heterocycles. The SMILES string of the molecule is CNC(C)c1ccc(S(=O)(=O)NCc2nc(C)no2)cc1. The quantitative estimate of drug-likeness (QED) is 0.830. The molecule has 21 heavy (non-hydrogen) atoms. The average Bonchev–Trinajstić information content (AvgIpc) is 2.90. The van der Waals surface area contributed by atoms with E-state index in [0.29, 0.717) is 5.82 Å². The van der Waals surface area contributed by atoms with E-state index in [1.54, 1.807) is 31.2 Å². The summed E-state index contributed by atoms with van der Waals surface area (Å²) < 4.78 is 31.6. The number of sulfonamides is 1. The number of hydrogen-bond acceptors (Lipinski definition) is 6. The molecular weight excluding hydrogens is 292 g/mol. The van der Waals surface area contributed by atoms with Gasteiger partial charge in [0.25, 0.3) is 0 Å². The summed E-state index contributed by atoms with van der Waals surface area (Å²) in [4.78, 5) is 4.14. The maximum absolute atomic E-state index is 12.1. The van der Waals surface area contributed by atoms with Crippen LogP contribution in [0.25, 0.3) is 0 Å². The molecule has 1 aromatic carbocycles. The standard InChI is InChI=1S/C13H18N4O3S/c1-9(14-3)11-4-6-12(7-5-11)21(18,19)15-8-13-16-10(2)17-20-13/h4-7,9,14-15H,8H2,1-3H3. The van der Waals surface area contributed by atoms with Crippen molar-refractivity contribution in [3.63, 3.8) is 0 Å². The second-order valence-electron chi connectivity index (χ2n) is 4.64. The fourth-order valence-electron chi connectivity index (χ4n) is 1.75. The third-order valence-electron chi connectivity index (χ3n) is 3.11. The van der Waals surface area contributed by atoms with Gasteiger partial charge in [0.2, 0.25) is 15.9 Å². The summed E-state index contributed by atoms with van der Waals surface area (Å²) in [5.74, 6) is 0.700. The van der Waals surface area contributed by atoms with Gasteiger partial charge in [0.05, 0.1) is 11.4 Å². The number of nitrogens with zero attached hydrogens (tertiary/aromatic N) is 2. The number of aryl methyl sites for hydroxylation is 1. The minimum absolute atomic E-state index is 0.0299. The monoisotopic (exact) mass is 310 g/mol. The first-order chi connectivity index (χ1) is 9.92. The van der Waals surface area contributed by atoms with E-state index < -0.39 is 10.0 Å². The van der Waals surface area contributed by atoms with E-state index in [0.717, 1.165) is 5.56 Å². The van der Waals surface area contributed by atoms with Crippen LogP contribution in [0, 0.1) is 6.92 Å². The summed E-state index contributed by atoms with van der Waals surface area (Å²) in [6.07, 6.45) is 0. The van der Waals surface area contributed by atoms with Crippen molar-refractivity contribution < 1.29 is 12.9 Å². The Morgan fingerprint density at radius 2 is 1.95 bits per heavy atom. The van der Waals surface area contributed by atoms with E-state index in [1.165, 1.54) is 0 Å². The normalized spacial score (nSPS) is 13.3. The molecule has 8 heteroatoms. The maximum atomic E-state index is 12.1. The van der Waals surface area contributed by atoms with Crippen LogP contribution in [0.4, 0.5) is 0 Å². The smallest absolute Gasteiger partial charge is 0.241 e. The van der Waals surface area contributed by atoms with Crippen molar-refractivity contribution in [2.45, 2.75) is 31.3 Å². The van der Waals surface area contributed by atoms with Gasteiger partial charge in [-0.2, -0.15) is 4.98 Å².